The van der Waals surface area contributed by atoms with Crippen molar-refractivity contribution in [3.63, 3.8) is 0 Å². The highest BCUT2D eigenvalue weighted by Gasteiger charge is 2.15. The van der Waals surface area contributed by atoms with E-state index >= 15 is 0 Å². The molecule has 3 rings (SSSR count). The molecule has 2 aromatic rings. The van der Waals surface area contributed by atoms with Crippen molar-refractivity contribution >= 4 is 23.3 Å². The average molecular weight is 347 g/mol. The zero-order valence-electron chi connectivity index (χ0n) is 13.4. The summed E-state index contributed by atoms with van der Waals surface area (Å²) in [4.78, 5) is 12.0. The van der Waals surface area contributed by atoms with E-state index in [0.29, 0.717) is 36.3 Å². The number of ether oxygens (including phenoxy) is 2. The second-order valence-electron chi connectivity index (χ2n) is 5.63. The molecule has 0 atom stereocenters. The highest BCUT2D eigenvalue weighted by molar-refractivity contribution is 6.32. The van der Waals surface area contributed by atoms with Crippen LogP contribution in [0.3, 0.4) is 0 Å². The van der Waals surface area contributed by atoms with Crippen molar-refractivity contribution in [1.82, 2.24) is 5.32 Å². The Hall–Kier alpha value is -2.40. The molecule has 0 spiro atoms. The minimum atomic E-state index is -0.274. The van der Waals surface area contributed by atoms with Crippen LogP contribution in [0, 0.1) is 6.92 Å². The van der Waals surface area contributed by atoms with Crippen LogP contribution in [0.25, 0.3) is 0 Å². The standard InChI is InChI=1S/C18H19ClN2O3/c1-12-4-2-5-14(8-12)21-18(22)20-11-13-9-15(19)17-16(10-13)23-6-3-7-24-17/h2,4-5,8-10H,3,6-7,11H2,1H3,(H2,20,21,22). The molecule has 1 aliphatic heterocycles. The van der Waals surface area contributed by atoms with Crippen molar-refractivity contribution in [1.29, 1.82) is 0 Å². The summed E-state index contributed by atoms with van der Waals surface area (Å²) in [5.74, 6) is 1.19. The second-order valence-corrected chi connectivity index (χ2v) is 6.04. The lowest BCUT2D eigenvalue weighted by atomic mass is 10.2. The molecule has 0 fully saturated rings. The minimum Gasteiger partial charge on any atom is -0.489 e. The van der Waals surface area contributed by atoms with Gasteiger partial charge >= 0.3 is 6.03 Å². The van der Waals surface area contributed by atoms with E-state index < -0.39 is 0 Å². The summed E-state index contributed by atoms with van der Waals surface area (Å²) in [5.41, 5.74) is 2.69. The fourth-order valence-corrected chi connectivity index (χ4v) is 2.75. The molecule has 0 saturated heterocycles. The molecule has 1 heterocycles. The molecule has 0 aromatic heterocycles. The summed E-state index contributed by atoms with van der Waals surface area (Å²) in [6.45, 7) is 3.49. The maximum Gasteiger partial charge on any atom is 0.319 e. The molecule has 6 heteroatoms. The van der Waals surface area contributed by atoms with Crippen LogP contribution < -0.4 is 20.1 Å². The van der Waals surface area contributed by atoms with Crippen LogP contribution in [0.15, 0.2) is 36.4 Å². The predicted molar refractivity (Wildman–Crippen MR) is 94.1 cm³/mol. The molecule has 2 aromatic carbocycles. The maximum absolute atomic E-state index is 12.0. The van der Waals surface area contributed by atoms with Crippen LogP contribution in [0.2, 0.25) is 5.02 Å². The molecular weight excluding hydrogens is 328 g/mol. The number of carbonyl (C=O) groups is 1. The van der Waals surface area contributed by atoms with E-state index in [4.69, 9.17) is 21.1 Å². The van der Waals surface area contributed by atoms with Gasteiger partial charge in [0.05, 0.1) is 18.2 Å². The number of hydrogen-bond donors (Lipinski definition) is 2. The third-order valence-electron chi connectivity index (χ3n) is 3.59. The SMILES string of the molecule is Cc1cccc(NC(=O)NCc2cc(Cl)c3c(c2)OCCCO3)c1. The van der Waals surface area contributed by atoms with Gasteiger partial charge in [-0.3, -0.25) is 0 Å². The summed E-state index contributed by atoms with van der Waals surface area (Å²) < 4.78 is 11.2. The third kappa shape index (κ3) is 4.11. The Morgan fingerprint density at radius 3 is 2.88 bits per heavy atom. The van der Waals surface area contributed by atoms with Crippen molar-refractivity contribution in [3.8, 4) is 11.5 Å². The van der Waals surface area contributed by atoms with Gasteiger partial charge in [-0.05, 0) is 42.3 Å². The molecule has 0 bridgehead atoms. The second kappa shape index (κ2) is 7.45. The van der Waals surface area contributed by atoms with Gasteiger partial charge in [0.1, 0.15) is 0 Å². The largest absolute Gasteiger partial charge is 0.489 e. The van der Waals surface area contributed by atoms with Crippen LogP contribution in [-0.2, 0) is 6.54 Å². The van der Waals surface area contributed by atoms with Gasteiger partial charge in [0, 0.05) is 18.7 Å². The number of halogens is 1. The quantitative estimate of drug-likeness (QED) is 0.878. The molecule has 5 nitrogen and oxygen atoms in total. The van der Waals surface area contributed by atoms with E-state index in [1.807, 2.05) is 37.3 Å². The van der Waals surface area contributed by atoms with Crippen LogP contribution in [0.4, 0.5) is 10.5 Å². The maximum atomic E-state index is 12.0. The van der Waals surface area contributed by atoms with Gasteiger partial charge in [-0.25, -0.2) is 4.79 Å². The number of benzene rings is 2. The van der Waals surface area contributed by atoms with Crippen molar-refractivity contribution in [2.45, 2.75) is 19.9 Å². The van der Waals surface area contributed by atoms with Gasteiger partial charge in [0.25, 0.3) is 0 Å². The van der Waals surface area contributed by atoms with Crippen molar-refractivity contribution in [3.05, 3.63) is 52.5 Å². The van der Waals surface area contributed by atoms with Crippen LogP contribution in [0.1, 0.15) is 17.5 Å². The predicted octanol–water partition coefficient (Wildman–Crippen LogP) is 4.13. The lowest BCUT2D eigenvalue weighted by Gasteiger charge is -2.12. The number of hydrogen-bond acceptors (Lipinski definition) is 3. The molecule has 1 aliphatic rings. The average Bonchev–Trinajstić information content (AvgIpc) is 2.79. The topological polar surface area (TPSA) is 59.6 Å². The van der Waals surface area contributed by atoms with Crippen LogP contribution in [-0.4, -0.2) is 19.2 Å². The Morgan fingerprint density at radius 1 is 1.21 bits per heavy atom. The number of rotatable bonds is 3. The number of fused-ring (bicyclic) bond motifs is 1. The minimum absolute atomic E-state index is 0.274. The number of amides is 2. The molecule has 0 unspecified atom stereocenters. The van der Waals surface area contributed by atoms with Gasteiger partial charge in [-0.15, -0.1) is 0 Å². The summed E-state index contributed by atoms with van der Waals surface area (Å²) in [7, 11) is 0. The molecular formula is C18H19ClN2O3. The first-order valence-electron chi connectivity index (χ1n) is 7.81. The first kappa shape index (κ1) is 16.5. The van der Waals surface area contributed by atoms with E-state index in [0.717, 1.165) is 23.2 Å². The van der Waals surface area contributed by atoms with Crippen LogP contribution >= 0.6 is 11.6 Å². The summed E-state index contributed by atoms with van der Waals surface area (Å²) in [6.07, 6.45) is 0.817. The third-order valence-corrected chi connectivity index (χ3v) is 3.87. The molecule has 0 saturated carbocycles. The van der Waals surface area contributed by atoms with E-state index in [1.165, 1.54) is 0 Å². The fraction of sp³-hybridized carbons (Fsp3) is 0.278. The first-order chi connectivity index (χ1) is 11.6. The Bertz CT molecular complexity index is 749. The van der Waals surface area contributed by atoms with Crippen molar-refractivity contribution in [2.24, 2.45) is 0 Å². The molecule has 2 amide bonds. The Kier molecular flexibility index (Phi) is 5.11. The molecule has 24 heavy (non-hydrogen) atoms. The smallest absolute Gasteiger partial charge is 0.319 e. The summed E-state index contributed by atoms with van der Waals surface area (Å²) >= 11 is 6.25. The molecule has 126 valence electrons. The van der Waals surface area contributed by atoms with Gasteiger partial charge in [-0.2, -0.15) is 0 Å². The molecule has 2 N–H and O–H groups in total. The van der Waals surface area contributed by atoms with Gasteiger partial charge in [0.15, 0.2) is 11.5 Å². The van der Waals surface area contributed by atoms with Crippen molar-refractivity contribution in [2.75, 3.05) is 18.5 Å². The van der Waals surface area contributed by atoms with Gasteiger partial charge in [0.2, 0.25) is 0 Å². The van der Waals surface area contributed by atoms with E-state index in [9.17, 15) is 4.79 Å². The Balaban J connectivity index is 1.63. The van der Waals surface area contributed by atoms with E-state index in [2.05, 4.69) is 10.6 Å². The first-order valence-corrected chi connectivity index (χ1v) is 8.19. The lowest BCUT2D eigenvalue weighted by Crippen LogP contribution is -2.28. The number of carbonyl (C=O) groups excluding carboxylic acids is 1. The highest BCUT2D eigenvalue weighted by atomic mass is 35.5. The number of aryl methyl sites for hydroxylation is 1. The monoisotopic (exact) mass is 346 g/mol. The summed E-state index contributed by atoms with van der Waals surface area (Å²) in [6, 6.07) is 11.0. The Labute approximate surface area is 145 Å². The van der Waals surface area contributed by atoms with Crippen molar-refractivity contribution < 1.29 is 14.3 Å². The lowest BCUT2D eigenvalue weighted by molar-refractivity contribution is 0.251. The summed E-state index contributed by atoms with van der Waals surface area (Å²) in [5, 5.41) is 6.10. The molecule has 0 aliphatic carbocycles. The van der Waals surface area contributed by atoms with Gasteiger partial charge < -0.3 is 20.1 Å². The zero-order valence-corrected chi connectivity index (χ0v) is 14.2. The fourth-order valence-electron chi connectivity index (χ4n) is 2.47. The van der Waals surface area contributed by atoms with Gasteiger partial charge in [-0.1, -0.05) is 23.7 Å². The highest BCUT2D eigenvalue weighted by Crippen LogP contribution is 2.37. The van der Waals surface area contributed by atoms with E-state index in [-0.39, 0.29) is 6.03 Å². The normalized spacial score (nSPS) is 13.1. The number of anilines is 1. The van der Waals surface area contributed by atoms with E-state index in [1.54, 1.807) is 6.07 Å². The zero-order chi connectivity index (χ0) is 16.9. The molecule has 0 radical (unpaired) electrons. The number of nitrogens with one attached hydrogen (secondary N) is 2. The van der Waals surface area contributed by atoms with Crippen LogP contribution in [0.5, 0.6) is 11.5 Å². The Morgan fingerprint density at radius 2 is 2.04 bits per heavy atom. The number of urea groups is 1.